The Labute approximate surface area is 105 Å². The van der Waals surface area contributed by atoms with Crippen molar-refractivity contribution in [1.29, 1.82) is 0 Å². The standard InChI is InChI=1S/C10H9BrN4O2/c11-7-1-6(2-8(12)3-7)10(16)13-4-9-14-5-17-15-9/h1-3,5H,4,12H2,(H,13,16). The molecule has 0 atom stereocenters. The number of amides is 1. The van der Waals surface area contributed by atoms with E-state index in [1.54, 1.807) is 18.2 Å². The minimum absolute atomic E-state index is 0.210. The minimum atomic E-state index is -0.247. The van der Waals surface area contributed by atoms with E-state index in [0.29, 0.717) is 17.1 Å². The van der Waals surface area contributed by atoms with Crippen LogP contribution in [-0.4, -0.2) is 16.0 Å². The Balaban J connectivity index is 2.04. The van der Waals surface area contributed by atoms with E-state index in [2.05, 4.69) is 35.9 Å². The Morgan fingerprint density at radius 1 is 1.47 bits per heavy atom. The smallest absolute Gasteiger partial charge is 0.251 e. The number of rotatable bonds is 3. The van der Waals surface area contributed by atoms with Crippen molar-refractivity contribution in [3.05, 3.63) is 40.5 Å². The molecule has 0 fully saturated rings. The van der Waals surface area contributed by atoms with E-state index in [-0.39, 0.29) is 12.5 Å². The van der Waals surface area contributed by atoms with Crippen LogP contribution in [0.1, 0.15) is 16.2 Å². The summed E-state index contributed by atoms with van der Waals surface area (Å²) in [5, 5.41) is 6.24. The van der Waals surface area contributed by atoms with Crippen LogP contribution < -0.4 is 11.1 Å². The highest BCUT2D eigenvalue weighted by molar-refractivity contribution is 9.10. The minimum Gasteiger partial charge on any atom is -0.399 e. The predicted octanol–water partition coefficient (Wildman–Crippen LogP) is 1.34. The number of nitrogens with two attached hydrogens (primary N) is 1. The zero-order valence-electron chi connectivity index (χ0n) is 8.68. The Morgan fingerprint density at radius 2 is 2.29 bits per heavy atom. The molecule has 0 aliphatic rings. The fourth-order valence-electron chi connectivity index (χ4n) is 1.28. The van der Waals surface area contributed by atoms with Crippen molar-refractivity contribution in [2.75, 3.05) is 5.73 Å². The molecule has 0 aliphatic carbocycles. The van der Waals surface area contributed by atoms with E-state index in [0.717, 1.165) is 4.47 Å². The number of anilines is 1. The molecule has 0 unspecified atom stereocenters. The highest BCUT2D eigenvalue weighted by atomic mass is 79.9. The first-order valence-electron chi connectivity index (χ1n) is 4.74. The lowest BCUT2D eigenvalue weighted by Gasteiger charge is -2.04. The summed E-state index contributed by atoms with van der Waals surface area (Å²) < 4.78 is 5.30. The van der Waals surface area contributed by atoms with Crippen molar-refractivity contribution < 1.29 is 9.32 Å². The van der Waals surface area contributed by atoms with Gasteiger partial charge in [0.1, 0.15) is 0 Å². The summed E-state index contributed by atoms with van der Waals surface area (Å²) in [6.07, 6.45) is 1.21. The first kappa shape index (κ1) is 11.6. The van der Waals surface area contributed by atoms with Crippen LogP contribution in [0.5, 0.6) is 0 Å². The van der Waals surface area contributed by atoms with Crippen molar-refractivity contribution in [3.8, 4) is 0 Å². The van der Waals surface area contributed by atoms with Gasteiger partial charge >= 0.3 is 0 Å². The van der Waals surface area contributed by atoms with E-state index in [4.69, 9.17) is 5.73 Å². The maximum Gasteiger partial charge on any atom is 0.251 e. The number of aromatic nitrogens is 2. The van der Waals surface area contributed by atoms with Gasteiger partial charge < -0.3 is 15.6 Å². The number of nitrogens with zero attached hydrogens (tertiary/aromatic N) is 2. The topological polar surface area (TPSA) is 94.0 Å². The lowest BCUT2D eigenvalue weighted by molar-refractivity contribution is 0.0949. The van der Waals surface area contributed by atoms with Gasteiger partial charge in [-0.05, 0) is 18.2 Å². The fourth-order valence-corrected chi connectivity index (χ4v) is 1.79. The number of hydrogen-bond donors (Lipinski definition) is 2. The van der Waals surface area contributed by atoms with Crippen LogP contribution in [0.25, 0.3) is 0 Å². The second-order valence-corrected chi connectivity index (χ2v) is 4.22. The molecule has 0 saturated carbocycles. The maximum absolute atomic E-state index is 11.8. The molecule has 1 heterocycles. The molecule has 0 radical (unpaired) electrons. The van der Waals surface area contributed by atoms with Gasteiger partial charge in [-0.1, -0.05) is 21.1 Å². The Hall–Kier alpha value is -1.89. The molecule has 17 heavy (non-hydrogen) atoms. The fraction of sp³-hybridized carbons (Fsp3) is 0.100. The van der Waals surface area contributed by atoms with Gasteiger partial charge in [0.25, 0.3) is 5.91 Å². The van der Waals surface area contributed by atoms with Gasteiger partial charge in [-0.15, -0.1) is 0 Å². The molecule has 0 spiro atoms. The van der Waals surface area contributed by atoms with Gasteiger partial charge in [0.15, 0.2) is 5.82 Å². The third-order valence-electron chi connectivity index (χ3n) is 2.00. The third-order valence-corrected chi connectivity index (χ3v) is 2.45. The van der Waals surface area contributed by atoms with Crippen LogP contribution in [0, 0.1) is 0 Å². The summed E-state index contributed by atoms with van der Waals surface area (Å²) in [7, 11) is 0. The SMILES string of the molecule is Nc1cc(Br)cc(C(=O)NCc2ncon2)c1. The molecule has 0 saturated heterocycles. The number of nitrogen functional groups attached to an aromatic ring is 1. The predicted molar refractivity (Wildman–Crippen MR) is 64.0 cm³/mol. The first-order chi connectivity index (χ1) is 8.15. The number of carbonyl (C=O) groups excluding carboxylic acids is 1. The quantitative estimate of drug-likeness (QED) is 0.834. The summed E-state index contributed by atoms with van der Waals surface area (Å²) in [6, 6.07) is 4.99. The van der Waals surface area contributed by atoms with E-state index in [1.807, 2.05) is 0 Å². The molecular formula is C10H9BrN4O2. The highest BCUT2D eigenvalue weighted by Crippen LogP contribution is 2.17. The molecule has 0 aliphatic heterocycles. The number of benzene rings is 1. The van der Waals surface area contributed by atoms with Crippen LogP contribution in [0.3, 0.4) is 0 Å². The summed E-state index contributed by atoms with van der Waals surface area (Å²) in [4.78, 5) is 15.6. The number of halogens is 1. The average molecular weight is 297 g/mol. The van der Waals surface area contributed by atoms with Crippen molar-refractivity contribution >= 4 is 27.5 Å². The zero-order valence-corrected chi connectivity index (χ0v) is 10.3. The molecule has 3 N–H and O–H groups in total. The van der Waals surface area contributed by atoms with Gasteiger partial charge in [0.05, 0.1) is 6.54 Å². The molecule has 6 nitrogen and oxygen atoms in total. The van der Waals surface area contributed by atoms with E-state index in [1.165, 1.54) is 6.39 Å². The number of hydrogen-bond acceptors (Lipinski definition) is 5. The van der Waals surface area contributed by atoms with E-state index < -0.39 is 0 Å². The van der Waals surface area contributed by atoms with Crippen molar-refractivity contribution in [1.82, 2.24) is 15.5 Å². The van der Waals surface area contributed by atoms with Crippen LogP contribution in [0.2, 0.25) is 0 Å². The molecule has 1 aromatic carbocycles. The van der Waals surface area contributed by atoms with Crippen molar-refractivity contribution in [2.24, 2.45) is 0 Å². The van der Waals surface area contributed by atoms with Crippen molar-refractivity contribution in [2.45, 2.75) is 6.54 Å². The normalized spacial score (nSPS) is 10.2. The van der Waals surface area contributed by atoms with E-state index >= 15 is 0 Å². The summed E-state index contributed by atoms with van der Waals surface area (Å²) in [5.74, 6) is 0.170. The third kappa shape index (κ3) is 3.04. The number of carbonyl (C=O) groups is 1. The number of nitrogens with one attached hydrogen (secondary N) is 1. The second kappa shape index (κ2) is 4.96. The Kier molecular flexibility index (Phi) is 3.38. The van der Waals surface area contributed by atoms with Gasteiger partial charge in [-0.25, -0.2) is 0 Å². The van der Waals surface area contributed by atoms with E-state index in [9.17, 15) is 4.79 Å². The molecule has 2 rings (SSSR count). The molecule has 7 heteroatoms. The molecule has 2 aromatic rings. The van der Waals surface area contributed by atoms with Gasteiger partial charge in [0.2, 0.25) is 6.39 Å². The van der Waals surface area contributed by atoms with Crippen LogP contribution in [-0.2, 0) is 6.54 Å². The lowest BCUT2D eigenvalue weighted by atomic mass is 10.2. The maximum atomic E-state index is 11.8. The zero-order chi connectivity index (χ0) is 12.3. The molecule has 1 amide bonds. The van der Waals surface area contributed by atoms with Crippen LogP contribution >= 0.6 is 15.9 Å². The molecule has 1 aromatic heterocycles. The summed E-state index contributed by atoms with van der Waals surface area (Å²) in [6.45, 7) is 0.210. The highest BCUT2D eigenvalue weighted by Gasteiger charge is 2.08. The van der Waals surface area contributed by atoms with Crippen LogP contribution in [0.4, 0.5) is 5.69 Å². The Bertz CT molecular complexity index is 507. The van der Waals surface area contributed by atoms with Crippen molar-refractivity contribution in [3.63, 3.8) is 0 Å². The lowest BCUT2D eigenvalue weighted by Crippen LogP contribution is -2.23. The monoisotopic (exact) mass is 296 g/mol. The average Bonchev–Trinajstić information content (AvgIpc) is 2.77. The molecular weight excluding hydrogens is 288 g/mol. The van der Waals surface area contributed by atoms with Gasteiger partial charge in [0, 0.05) is 15.7 Å². The molecule has 88 valence electrons. The second-order valence-electron chi connectivity index (χ2n) is 3.30. The van der Waals surface area contributed by atoms with Crippen LogP contribution in [0.15, 0.2) is 33.6 Å². The Morgan fingerprint density at radius 3 is 2.94 bits per heavy atom. The van der Waals surface area contributed by atoms with Gasteiger partial charge in [-0.2, -0.15) is 4.98 Å². The summed E-state index contributed by atoms with van der Waals surface area (Å²) in [5.41, 5.74) is 6.63. The largest absolute Gasteiger partial charge is 0.399 e. The molecule has 0 bridgehead atoms. The summed E-state index contributed by atoms with van der Waals surface area (Å²) >= 11 is 3.27. The van der Waals surface area contributed by atoms with Gasteiger partial charge in [-0.3, -0.25) is 4.79 Å². The first-order valence-corrected chi connectivity index (χ1v) is 5.54.